The number of carbonyl (C=O) groups excluding carboxylic acids is 2. The van der Waals surface area contributed by atoms with Crippen LogP contribution in [-0.4, -0.2) is 29.6 Å². The second kappa shape index (κ2) is 10.3. The van der Waals surface area contributed by atoms with Crippen LogP contribution in [0.25, 0.3) is 0 Å². The van der Waals surface area contributed by atoms with Crippen molar-refractivity contribution < 1.29 is 14.3 Å². The number of methoxy groups -OCH3 is 1. The summed E-state index contributed by atoms with van der Waals surface area (Å²) in [6, 6.07) is 22.5. The number of nitrogens with one attached hydrogen (secondary N) is 1. The maximum absolute atomic E-state index is 12.8. The second-order valence-electron chi connectivity index (χ2n) is 7.90. The lowest BCUT2D eigenvalue weighted by molar-refractivity contribution is -0.128. The second-order valence-corrected chi connectivity index (χ2v) is 9.41. The number of benzene rings is 3. The summed E-state index contributed by atoms with van der Waals surface area (Å²) in [7, 11) is 1.63. The molecule has 0 unspecified atom stereocenters. The fourth-order valence-corrected chi connectivity index (χ4v) is 5.06. The van der Waals surface area contributed by atoms with E-state index >= 15 is 0 Å². The highest BCUT2D eigenvalue weighted by Crippen LogP contribution is 2.39. The van der Waals surface area contributed by atoms with Gasteiger partial charge in [0.1, 0.15) is 11.1 Å². The number of rotatable bonds is 7. The number of amides is 2. The molecule has 1 N–H and O–H groups in total. The Morgan fingerprint density at radius 3 is 2.39 bits per heavy atom. The molecule has 1 aliphatic heterocycles. The number of carbonyl (C=O) groups is 2. The lowest BCUT2D eigenvalue weighted by atomic mass is 10.1. The van der Waals surface area contributed by atoms with E-state index in [1.807, 2.05) is 84.6 Å². The van der Waals surface area contributed by atoms with Gasteiger partial charge < -0.3 is 15.0 Å². The summed E-state index contributed by atoms with van der Waals surface area (Å²) in [5.74, 6) is 1.19. The van der Waals surface area contributed by atoms with Gasteiger partial charge in [-0.2, -0.15) is 0 Å². The zero-order valence-electron chi connectivity index (χ0n) is 18.5. The van der Waals surface area contributed by atoms with Crippen LogP contribution in [0.4, 0.5) is 0 Å². The van der Waals surface area contributed by atoms with Gasteiger partial charge in [0.05, 0.1) is 18.9 Å². The fraction of sp³-hybridized carbons (Fsp3) is 0.231. The van der Waals surface area contributed by atoms with E-state index in [1.165, 1.54) is 0 Å². The van der Waals surface area contributed by atoms with Crippen LogP contribution in [0.5, 0.6) is 5.75 Å². The Kier molecular flexibility index (Phi) is 7.26. The van der Waals surface area contributed by atoms with Crippen molar-refractivity contribution in [2.24, 2.45) is 0 Å². The summed E-state index contributed by atoms with van der Waals surface area (Å²) in [4.78, 5) is 27.1. The molecule has 2 amide bonds. The van der Waals surface area contributed by atoms with Gasteiger partial charge in [0.15, 0.2) is 0 Å². The first-order valence-electron chi connectivity index (χ1n) is 10.6. The molecule has 3 aromatic carbocycles. The summed E-state index contributed by atoms with van der Waals surface area (Å²) in [5, 5.41) is 3.63. The van der Waals surface area contributed by atoms with Crippen molar-refractivity contribution in [1.29, 1.82) is 0 Å². The summed E-state index contributed by atoms with van der Waals surface area (Å²) in [6.45, 7) is 2.47. The van der Waals surface area contributed by atoms with Gasteiger partial charge in [0.25, 0.3) is 5.91 Å². The molecule has 0 aliphatic carbocycles. The molecule has 0 saturated carbocycles. The molecule has 5 nitrogen and oxygen atoms in total. The quantitative estimate of drug-likeness (QED) is 0.477. The molecule has 2 atom stereocenters. The third-order valence-electron chi connectivity index (χ3n) is 5.66. The van der Waals surface area contributed by atoms with Crippen molar-refractivity contribution in [3.05, 3.63) is 100 Å². The van der Waals surface area contributed by atoms with Crippen LogP contribution in [0.15, 0.2) is 72.8 Å². The van der Waals surface area contributed by atoms with Crippen molar-refractivity contribution in [1.82, 2.24) is 10.2 Å². The van der Waals surface area contributed by atoms with Crippen LogP contribution >= 0.6 is 23.4 Å². The predicted octanol–water partition coefficient (Wildman–Crippen LogP) is 5.61. The molecular weight excluding hydrogens is 456 g/mol. The molecule has 1 saturated heterocycles. The topological polar surface area (TPSA) is 58.6 Å². The van der Waals surface area contributed by atoms with E-state index in [4.69, 9.17) is 16.3 Å². The molecule has 1 heterocycles. The number of ether oxygens (including phenoxy) is 1. The molecule has 0 radical (unpaired) electrons. The van der Waals surface area contributed by atoms with E-state index in [1.54, 1.807) is 18.9 Å². The van der Waals surface area contributed by atoms with Crippen molar-refractivity contribution in [3.8, 4) is 5.75 Å². The molecule has 1 fully saturated rings. The van der Waals surface area contributed by atoms with E-state index in [0.29, 0.717) is 22.9 Å². The average molecular weight is 481 g/mol. The van der Waals surface area contributed by atoms with E-state index in [-0.39, 0.29) is 23.2 Å². The molecular formula is C26H25ClN2O3S. The number of nitrogens with zero attached hydrogens (tertiary/aromatic N) is 1. The molecule has 0 spiro atoms. The summed E-state index contributed by atoms with van der Waals surface area (Å²) >= 11 is 7.58. The van der Waals surface area contributed by atoms with Gasteiger partial charge in [-0.25, -0.2) is 0 Å². The van der Waals surface area contributed by atoms with Gasteiger partial charge >= 0.3 is 0 Å². The van der Waals surface area contributed by atoms with Gasteiger partial charge in [-0.3, -0.25) is 9.59 Å². The number of halogens is 1. The maximum Gasteiger partial charge on any atom is 0.251 e. The maximum atomic E-state index is 12.8. The third kappa shape index (κ3) is 5.52. The molecule has 3 aromatic rings. The minimum atomic E-state index is -0.141. The Bertz CT molecular complexity index is 1120. The van der Waals surface area contributed by atoms with Gasteiger partial charge in [0, 0.05) is 17.1 Å². The van der Waals surface area contributed by atoms with Crippen LogP contribution < -0.4 is 10.1 Å². The van der Waals surface area contributed by atoms with E-state index in [2.05, 4.69) is 5.32 Å². The minimum absolute atomic E-state index is 0.0801. The first-order chi connectivity index (χ1) is 15.9. The number of thioether (sulfide) groups is 1. The zero-order valence-corrected chi connectivity index (χ0v) is 20.0. The molecule has 0 bridgehead atoms. The molecule has 0 aromatic heterocycles. The summed E-state index contributed by atoms with van der Waals surface area (Å²) < 4.78 is 5.19. The minimum Gasteiger partial charge on any atom is -0.497 e. The highest BCUT2D eigenvalue weighted by molar-refractivity contribution is 8.00. The number of hydrogen-bond donors (Lipinski definition) is 1. The molecule has 7 heteroatoms. The first-order valence-corrected chi connectivity index (χ1v) is 12.1. The van der Waals surface area contributed by atoms with Crippen molar-refractivity contribution in [2.75, 3.05) is 12.9 Å². The van der Waals surface area contributed by atoms with Crippen LogP contribution in [0.2, 0.25) is 5.02 Å². The Morgan fingerprint density at radius 2 is 1.76 bits per heavy atom. The Labute approximate surface area is 203 Å². The molecule has 1 aliphatic rings. The third-order valence-corrected chi connectivity index (χ3v) is 7.16. The first kappa shape index (κ1) is 23.2. The number of hydrogen-bond acceptors (Lipinski definition) is 4. The van der Waals surface area contributed by atoms with Gasteiger partial charge in [0.2, 0.25) is 5.91 Å². The van der Waals surface area contributed by atoms with Crippen LogP contribution in [-0.2, 0) is 11.3 Å². The molecule has 4 rings (SSSR count). The molecule has 33 heavy (non-hydrogen) atoms. The van der Waals surface area contributed by atoms with Crippen molar-refractivity contribution >= 4 is 35.2 Å². The van der Waals surface area contributed by atoms with Crippen molar-refractivity contribution in [2.45, 2.75) is 24.9 Å². The smallest absolute Gasteiger partial charge is 0.251 e. The zero-order chi connectivity index (χ0) is 23.4. The van der Waals surface area contributed by atoms with E-state index < -0.39 is 0 Å². The Morgan fingerprint density at radius 1 is 1.09 bits per heavy atom. The summed E-state index contributed by atoms with van der Waals surface area (Å²) in [6.07, 6.45) is 0. The summed E-state index contributed by atoms with van der Waals surface area (Å²) in [5.41, 5.74) is 3.61. The van der Waals surface area contributed by atoms with Crippen LogP contribution in [0.3, 0.4) is 0 Å². The SMILES string of the molecule is COc1ccc([C@@H](C)NC(=O)c2ccc([C@@H]3SCC(=O)N3Cc3ccc(Cl)cc3)cc2)cc1. The highest BCUT2D eigenvalue weighted by Gasteiger charge is 2.32. The van der Waals surface area contributed by atoms with E-state index in [0.717, 1.165) is 22.4 Å². The largest absolute Gasteiger partial charge is 0.497 e. The lowest BCUT2D eigenvalue weighted by Crippen LogP contribution is -2.28. The van der Waals surface area contributed by atoms with Gasteiger partial charge in [-0.05, 0) is 60.0 Å². The van der Waals surface area contributed by atoms with Gasteiger partial charge in [-0.15, -0.1) is 11.8 Å². The van der Waals surface area contributed by atoms with Gasteiger partial charge in [-0.1, -0.05) is 48.0 Å². The normalized spacial score (nSPS) is 16.5. The predicted molar refractivity (Wildman–Crippen MR) is 133 cm³/mol. The highest BCUT2D eigenvalue weighted by atomic mass is 35.5. The molecule has 170 valence electrons. The average Bonchev–Trinajstić information content (AvgIpc) is 3.20. The monoisotopic (exact) mass is 480 g/mol. The fourth-order valence-electron chi connectivity index (χ4n) is 3.74. The Hall–Kier alpha value is -2.96. The van der Waals surface area contributed by atoms with Crippen LogP contribution in [0.1, 0.15) is 45.4 Å². The Balaban J connectivity index is 1.42. The van der Waals surface area contributed by atoms with Crippen molar-refractivity contribution in [3.63, 3.8) is 0 Å². The van der Waals surface area contributed by atoms with Crippen LogP contribution in [0, 0.1) is 0 Å². The lowest BCUT2D eigenvalue weighted by Gasteiger charge is -2.24. The standard InChI is InChI=1S/C26H25ClN2O3S/c1-17(19-9-13-23(32-2)14-10-19)28-25(31)20-5-7-21(8-6-20)26-29(24(30)16-33-26)15-18-3-11-22(27)12-4-18/h3-14,17,26H,15-16H2,1-2H3,(H,28,31)/t17-,26+/m1/s1. The van der Waals surface area contributed by atoms with E-state index in [9.17, 15) is 9.59 Å².